The lowest BCUT2D eigenvalue weighted by atomic mass is 10.1. The van der Waals surface area contributed by atoms with Gasteiger partial charge in [0.15, 0.2) is 0 Å². The van der Waals surface area contributed by atoms with Crippen LogP contribution in [0.1, 0.15) is 48.0 Å². The van der Waals surface area contributed by atoms with E-state index in [1.807, 2.05) is 0 Å². The predicted octanol–water partition coefficient (Wildman–Crippen LogP) is 1.70. The average Bonchev–Trinajstić information content (AvgIpc) is 2.55. The molecule has 0 aromatic heterocycles. The number of likely N-dealkylation sites (tertiary alicyclic amines) is 1. The minimum Gasteiger partial charge on any atom is -0.458 e. The Labute approximate surface area is 120 Å². The number of carbonyl (C=O) groups excluding carboxylic acids is 2. The maximum absolute atomic E-state index is 12.1. The van der Waals surface area contributed by atoms with Gasteiger partial charge in [0.25, 0.3) is 0 Å². The number of aliphatic hydroxyl groups excluding tert-OH is 1. The molecule has 20 heavy (non-hydrogen) atoms. The SMILES string of the molecule is CC(C)(C)OC(=O)[C@H]1CC(O)CN1C(=O)OC(C)(C)C. The molecule has 1 heterocycles. The third kappa shape index (κ3) is 5.00. The second kappa shape index (κ2) is 5.60. The van der Waals surface area contributed by atoms with Gasteiger partial charge in [0.2, 0.25) is 0 Å². The molecule has 0 spiro atoms. The molecule has 0 radical (unpaired) electrons. The Kier molecular flexibility index (Phi) is 4.69. The van der Waals surface area contributed by atoms with Crippen LogP contribution in [-0.4, -0.2) is 52.0 Å². The van der Waals surface area contributed by atoms with Crippen molar-refractivity contribution in [2.24, 2.45) is 0 Å². The van der Waals surface area contributed by atoms with Crippen molar-refractivity contribution in [1.29, 1.82) is 0 Å². The van der Waals surface area contributed by atoms with Crippen molar-refractivity contribution in [3.8, 4) is 0 Å². The van der Waals surface area contributed by atoms with E-state index in [1.165, 1.54) is 4.90 Å². The van der Waals surface area contributed by atoms with Crippen LogP contribution in [0.25, 0.3) is 0 Å². The van der Waals surface area contributed by atoms with E-state index >= 15 is 0 Å². The average molecular weight is 287 g/mol. The molecule has 0 bridgehead atoms. The molecule has 0 saturated carbocycles. The molecule has 116 valence electrons. The Balaban J connectivity index is 2.78. The van der Waals surface area contributed by atoms with Crippen LogP contribution in [0.2, 0.25) is 0 Å². The quantitative estimate of drug-likeness (QED) is 0.743. The first-order valence-corrected chi connectivity index (χ1v) is 6.79. The lowest BCUT2D eigenvalue weighted by Gasteiger charge is -2.29. The van der Waals surface area contributed by atoms with E-state index in [9.17, 15) is 14.7 Å². The monoisotopic (exact) mass is 287 g/mol. The van der Waals surface area contributed by atoms with Crippen LogP contribution >= 0.6 is 0 Å². The van der Waals surface area contributed by atoms with Crippen LogP contribution in [0.15, 0.2) is 0 Å². The van der Waals surface area contributed by atoms with Gasteiger partial charge in [-0.25, -0.2) is 9.59 Å². The summed E-state index contributed by atoms with van der Waals surface area (Å²) in [5.74, 6) is -0.514. The summed E-state index contributed by atoms with van der Waals surface area (Å²) in [4.78, 5) is 25.4. The molecule has 0 aromatic carbocycles. The molecular weight excluding hydrogens is 262 g/mol. The Bertz CT molecular complexity index is 344. The van der Waals surface area contributed by atoms with Crippen molar-refractivity contribution in [2.45, 2.75) is 71.3 Å². The topological polar surface area (TPSA) is 76.1 Å². The summed E-state index contributed by atoms with van der Waals surface area (Å²) in [6, 6.07) is -0.793. The number of carbonyl (C=O) groups is 2. The second-order valence-corrected chi connectivity index (χ2v) is 7.07. The van der Waals surface area contributed by atoms with Gasteiger partial charge in [0, 0.05) is 6.42 Å². The van der Waals surface area contributed by atoms with E-state index in [1.54, 1.807) is 41.5 Å². The molecule has 0 aromatic rings. The maximum Gasteiger partial charge on any atom is 0.411 e. The van der Waals surface area contributed by atoms with Crippen LogP contribution in [0.4, 0.5) is 4.79 Å². The summed E-state index contributed by atoms with van der Waals surface area (Å²) >= 11 is 0. The number of nitrogens with zero attached hydrogens (tertiary/aromatic N) is 1. The fourth-order valence-corrected chi connectivity index (χ4v) is 1.93. The molecule has 0 aliphatic carbocycles. The molecule has 1 amide bonds. The lowest BCUT2D eigenvalue weighted by Crippen LogP contribution is -2.45. The highest BCUT2D eigenvalue weighted by molar-refractivity contribution is 5.82. The van der Waals surface area contributed by atoms with E-state index in [4.69, 9.17) is 9.47 Å². The van der Waals surface area contributed by atoms with Gasteiger partial charge in [-0.1, -0.05) is 0 Å². The molecule has 1 fully saturated rings. The Hall–Kier alpha value is -1.30. The van der Waals surface area contributed by atoms with Crippen molar-refractivity contribution in [3.05, 3.63) is 0 Å². The zero-order chi connectivity index (χ0) is 15.7. The molecule has 1 rings (SSSR count). The standard InChI is InChI=1S/C14H25NO5/c1-13(2,3)19-11(17)10-7-9(16)8-15(10)12(18)20-14(4,5)6/h9-10,16H,7-8H2,1-6H3/t9?,10-/m1/s1. The molecule has 2 atom stereocenters. The highest BCUT2D eigenvalue weighted by atomic mass is 16.6. The van der Waals surface area contributed by atoms with Crippen LogP contribution in [0.5, 0.6) is 0 Å². The molecule has 1 saturated heterocycles. The molecule has 1 unspecified atom stereocenters. The second-order valence-electron chi connectivity index (χ2n) is 7.07. The van der Waals surface area contributed by atoms with Gasteiger partial charge >= 0.3 is 12.1 Å². The number of hydrogen-bond donors (Lipinski definition) is 1. The third-order valence-electron chi connectivity index (χ3n) is 2.59. The highest BCUT2D eigenvalue weighted by Crippen LogP contribution is 2.24. The van der Waals surface area contributed by atoms with Gasteiger partial charge in [-0.2, -0.15) is 0 Å². The first-order chi connectivity index (χ1) is 8.89. The third-order valence-corrected chi connectivity index (χ3v) is 2.59. The summed E-state index contributed by atoms with van der Waals surface area (Å²) in [7, 11) is 0. The summed E-state index contributed by atoms with van der Waals surface area (Å²) in [5.41, 5.74) is -1.28. The number of hydrogen-bond acceptors (Lipinski definition) is 5. The van der Waals surface area contributed by atoms with Crippen molar-refractivity contribution in [3.63, 3.8) is 0 Å². The Morgan fingerprint density at radius 1 is 1.05 bits per heavy atom. The van der Waals surface area contributed by atoms with Gasteiger partial charge in [0.05, 0.1) is 12.6 Å². The molecule has 1 N–H and O–H groups in total. The molecular formula is C14H25NO5. The van der Waals surface area contributed by atoms with E-state index in [2.05, 4.69) is 0 Å². The summed E-state index contributed by atoms with van der Waals surface area (Å²) in [6.07, 6.45) is -1.17. The number of esters is 1. The van der Waals surface area contributed by atoms with Gasteiger partial charge in [-0.3, -0.25) is 4.90 Å². The number of β-amino-alcohol motifs (C(OH)–C–C–N with tert-alkyl or cyclic N) is 1. The Morgan fingerprint density at radius 3 is 2.00 bits per heavy atom. The van der Waals surface area contributed by atoms with E-state index in [-0.39, 0.29) is 13.0 Å². The van der Waals surface area contributed by atoms with Gasteiger partial charge in [0.1, 0.15) is 17.2 Å². The summed E-state index contributed by atoms with van der Waals surface area (Å²) in [5, 5.41) is 9.71. The zero-order valence-corrected chi connectivity index (χ0v) is 13.1. The zero-order valence-electron chi connectivity index (χ0n) is 13.1. The largest absolute Gasteiger partial charge is 0.458 e. The van der Waals surface area contributed by atoms with E-state index < -0.39 is 35.4 Å². The lowest BCUT2D eigenvalue weighted by molar-refractivity contribution is -0.160. The molecule has 1 aliphatic rings. The number of aliphatic hydroxyl groups is 1. The van der Waals surface area contributed by atoms with Crippen LogP contribution in [0, 0.1) is 0 Å². The van der Waals surface area contributed by atoms with Crippen LogP contribution in [0.3, 0.4) is 0 Å². The van der Waals surface area contributed by atoms with Gasteiger partial charge in [-0.05, 0) is 41.5 Å². The minimum atomic E-state index is -0.793. The van der Waals surface area contributed by atoms with Crippen molar-refractivity contribution >= 4 is 12.1 Å². The molecule has 1 aliphatic heterocycles. The first kappa shape index (κ1) is 16.8. The van der Waals surface area contributed by atoms with Crippen LogP contribution in [-0.2, 0) is 14.3 Å². The van der Waals surface area contributed by atoms with Crippen molar-refractivity contribution in [1.82, 2.24) is 4.90 Å². The molecule has 6 heteroatoms. The van der Waals surface area contributed by atoms with Crippen molar-refractivity contribution in [2.75, 3.05) is 6.54 Å². The van der Waals surface area contributed by atoms with Crippen LogP contribution < -0.4 is 0 Å². The Morgan fingerprint density at radius 2 is 1.55 bits per heavy atom. The van der Waals surface area contributed by atoms with Gasteiger partial charge in [-0.15, -0.1) is 0 Å². The number of ether oxygens (including phenoxy) is 2. The van der Waals surface area contributed by atoms with E-state index in [0.29, 0.717) is 0 Å². The number of rotatable bonds is 1. The maximum atomic E-state index is 12.1. The minimum absolute atomic E-state index is 0.0822. The molecule has 6 nitrogen and oxygen atoms in total. The summed E-state index contributed by atoms with van der Waals surface area (Å²) < 4.78 is 10.5. The predicted molar refractivity (Wildman–Crippen MR) is 73.2 cm³/mol. The normalized spacial score (nSPS) is 23.6. The fourth-order valence-electron chi connectivity index (χ4n) is 1.93. The van der Waals surface area contributed by atoms with Crippen molar-refractivity contribution < 1.29 is 24.2 Å². The smallest absolute Gasteiger partial charge is 0.411 e. The van der Waals surface area contributed by atoms with Gasteiger partial charge < -0.3 is 14.6 Å². The fraction of sp³-hybridized carbons (Fsp3) is 0.857. The highest BCUT2D eigenvalue weighted by Gasteiger charge is 2.42. The first-order valence-electron chi connectivity index (χ1n) is 6.79. The van der Waals surface area contributed by atoms with E-state index in [0.717, 1.165) is 0 Å². The summed E-state index contributed by atoms with van der Waals surface area (Å²) in [6.45, 7) is 10.6. The number of amides is 1.